The van der Waals surface area contributed by atoms with Crippen molar-refractivity contribution in [2.24, 2.45) is 5.10 Å². The molecular formula is C11H12Cl2N2O2. The number of hydrogen-bond donors (Lipinski definition) is 1. The van der Waals surface area contributed by atoms with Crippen LogP contribution in [0.25, 0.3) is 0 Å². The van der Waals surface area contributed by atoms with Gasteiger partial charge in [-0.1, -0.05) is 18.2 Å². The lowest BCUT2D eigenvalue weighted by atomic mass is 10.3. The molecule has 0 saturated carbocycles. The van der Waals surface area contributed by atoms with Crippen LogP contribution >= 0.6 is 23.2 Å². The maximum Gasteiger partial charge on any atom is 0.277 e. The van der Waals surface area contributed by atoms with E-state index in [1.54, 1.807) is 12.1 Å². The van der Waals surface area contributed by atoms with Crippen LogP contribution in [0.1, 0.15) is 0 Å². The Kier molecular flexibility index (Phi) is 6.43. The molecule has 6 heteroatoms. The number of amides is 1. The van der Waals surface area contributed by atoms with Crippen LogP contribution in [0.3, 0.4) is 0 Å². The highest BCUT2D eigenvalue weighted by Gasteiger charge is 2.02. The van der Waals surface area contributed by atoms with Gasteiger partial charge in [-0.2, -0.15) is 5.10 Å². The number of hydrogen-bond acceptors (Lipinski definition) is 3. The molecule has 0 aliphatic carbocycles. The van der Waals surface area contributed by atoms with Crippen molar-refractivity contribution < 1.29 is 9.53 Å². The molecule has 0 bridgehead atoms. The molecular weight excluding hydrogens is 263 g/mol. The molecule has 17 heavy (non-hydrogen) atoms. The molecule has 0 aliphatic heterocycles. The molecule has 1 amide bonds. The molecule has 0 aromatic heterocycles. The number of nitrogens with zero attached hydrogens (tertiary/aromatic N) is 1. The van der Waals surface area contributed by atoms with Gasteiger partial charge in [0.1, 0.15) is 5.75 Å². The molecule has 0 atom stereocenters. The second-order valence-corrected chi connectivity index (χ2v) is 3.62. The van der Waals surface area contributed by atoms with E-state index in [0.717, 1.165) is 0 Å². The third-order valence-electron chi connectivity index (χ3n) is 1.76. The van der Waals surface area contributed by atoms with Gasteiger partial charge < -0.3 is 4.74 Å². The van der Waals surface area contributed by atoms with E-state index in [-0.39, 0.29) is 24.3 Å². The predicted molar refractivity (Wildman–Crippen MR) is 69.0 cm³/mol. The fourth-order valence-corrected chi connectivity index (χ4v) is 1.34. The summed E-state index contributed by atoms with van der Waals surface area (Å²) in [6.45, 7) is -0.106. The van der Waals surface area contributed by atoms with Gasteiger partial charge in [-0.05, 0) is 12.1 Å². The van der Waals surface area contributed by atoms with Crippen molar-refractivity contribution in [3.8, 4) is 5.75 Å². The first-order valence-electron chi connectivity index (χ1n) is 4.90. The van der Waals surface area contributed by atoms with Crippen molar-refractivity contribution in [1.82, 2.24) is 5.43 Å². The number of ether oxygens (including phenoxy) is 1. The summed E-state index contributed by atoms with van der Waals surface area (Å²) in [5, 5.41) is 3.75. The molecule has 0 heterocycles. The van der Waals surface area contributed by atoms with E-state index in [1.807, 2.05) is 18.2 Å². The molecule has 1 rings (SSSR count). The Hall–Kier alpha value is -1.26. The van der Waals surface area contributed by atoms with Gasteiger partial charge >= 0.3 is 0 Å². The van der Waals surface area contributed by atoms with Crippen LogP contribution in [-0.2, 0) is 4.79 Å². The van der Waals surface area contributed by atoms with Gasteiger partial charge in [0.2, 0.25) is 0 Å². The van der Waals surface area contributed by atoms with E-state index in [1.165, 1.54) is 0 Å². The van der Waals surface area contributed by atoms with E-state index in [9.17, 15) is 4.79 Å². The summed E-state index contributed by atoms with van der Waals surface area (Å²) in [7, 11) is 0. The van der Waals surface area contributed by atoms with Crippen molar-refractivity contribution in [3.05, 3.63) is 30.3 Å². The lowest BCUT2D eigenvalue weighted by molar-refractivity contribution is -0.123. The van der Waals surface area contributed by atoms with Gasteiger partial charge in [0, 0.05) is 0 Å². The van der Waals surface area contributed by atoms with Crippen molar-refractivity contribution in [2.45, 2.75) is 0 Å². The Balaban J connectivity index is 2.33. The SMILES string of the molecule is O=C(COc1ccccc1)NN=C(CCl)CCl. The molecule has 0 fully saturated rings. The van der Waals surface area contributed by atoms with Gasteiger partial charge in [0.05, 0.1) is 17.5 Å². The minimum absolute atomic E-state index is 0.106. The number of carbonyl (C=O) groups is 1. The zero-order valence-corrected chi connectivity index (χ0v) is 10.5. The van der Waals surface area contributed by atoms with Crippen molar-refractivity contribution >= 4 is 34.8 Å². The first kappa shape index (κ1) is 13.8. The summed E-state index contributed by atoms with van der Waals surface area (Å²) in [4.78, 5) is 11.3. The van der Waals surface area contributed by atoms with E-state index in [4.69, 9.17) is 27.9 Å². The largest absolute Gasteiger partial charge is 0.484 e. The van der Waals surface area contributed by atoms with Crippen LogP contribution in [0.15, 0.2) is 35.4 Å². The van der Waals surface area contributed by atoms with Gasteiger partial charge in [-0.3, -0.25) is 4.79 Å². The summed E-state index contributed by atoms with van der Waals surface area (Å²) < 4.78 is 5.22. The van der Waals surface area contributed by atoms with Crippen LogP contribution in [-0.4, -0.2) is 30.0 Å². The Morgan fingerprint density at radius 1 is 1.24 bits per heavy atom. The molecule has 1 aromatic rings. The van der Waals surface area contributed by atoms with Crippen LogP contribution in [0.4, 0.5) is 0 Å². The van der Waals surface area contributed by atoms with Crippen molar-refractivity contribution in [1.29, 1.82) is 0 Å². The minimum atomic E-state index is -0.360. The molecule has 1 aromatic carbocycles. The predicted octanol–water partition coefficient (Wildman–Crippen LogP) is 2.02. The highest BCUT2D eigenvalue weighted by atomic mass is 35.5. The van der Waals surface area contributed by atoms with E-state index >= 15 is 0 Å². The van der Waals surface area contributed by atoms with E-state index < -0.39 is 0 Å². The van der Waals surface area contributed by atoms with Crippen molar-refractivity contribution in [2.75, 3.05) is 18.4 Å². The number of rotatable bonds is 6. The molecule has 0 radical (unpaired) electrons. The highest BCUT2D eigenvalue weighted by molar-refractivity contribution is 6.36. The van der Waals surface area contributed by atoms with E-state index in [0.29, 0.717) is 11.5 Å². The minimum Gasteiger partial charge on any atom is -0.484 e. The first-order chi connectivity index (χ1) is 8.26. The van der Waals surface area contributed by atoms with E-state index in [2.05, 4.69) is 10.5 Å². The fourth-order valence-electron chi connectivity index (χ4n) is 0.935. The van der Waals surface area contributed by atoms with Crippen molar-refractivity contribution in [3.63, 3.8) is 0 Å². The molecule has 4 nitrogen and oxygen atoms in total. The monoisotopic (exact) mass is 274 g/mol. The number of benzene rings is 1. The third kappa shape index (κ3) is 5.56. The zero-order chi connectivity index (χ0) is 12.5. The zero-order valence-electron chi connectivity index (χ0n) is 9.03. The normalized spacial score (nSPS) is 9.53. The molecule has 92 valence electrons. The average Bonchev–Trinajstić information content (AvgIpc) is 2.39. The third-order valence-corrected chi connectivity index (χ3v) is 2.38. The summed E-state index contributed by atoms with van der Waals surface area (Å²) in [6, 6.07) is 9.04. The summed E-state index contributed by atoms with van der Waals surface area (Å²) in [6.07, 6.45) is 0. The smallest absolute Gasteiger partial charge is 0.277 e. The molecule has 1 N–H and O–H groups in total. The second-order valence-electron chi connectivity index (χ2n) is 3.08. The lowest BCUT2D eigenvalue weighted by Gasteiger charge is -2.04. The van der Waals surface area contributed by atoms with Crippen LogP contribution < -0.4 is 10.2 Å². The number of para-hydroxylation sites is 1. The first-order valence-corrected chi connectivity index (χ1v) is 5.97. The number of hydrazone groups is 1. The Labute approximate surface area is 110 Å². The van der Waals surface area contributed by atoms with Gasteiger partial charge in [-0.25, -0.2) is 5.43 Å². The average molecular weight is 275 g/mol. The van der Waals surface area contributed by atoms with Crippen LogP contribution in [0, 0.1) is 0 Å². The number of alkyl halides is 2. The topological polar surface area (TPSA) is 50.7 Å². The molecule has 0 saturated heterocycles. The van der Waals surface area contributed by atoms with Crippen LogP contribution in [0.2, 0.25) is 0 Å². The molecule has 0 unspecified atom stereocenters. The Bertz CT molecular complexity index is 376. The summed E-state index contributed by atoms with van der Waals surface area (Å²) >= 11 is 11.1. The highest BCUT2D eigenvalue weighted by Crippen LogP contribution is 2.07. The maximum atomic E-state index is 11.3. The number of halogens is 2. The van der Waals surface area contributed by atoms with Crippen LogP contribution in [0.5, 0.6) is 5.75 Å². The fraction of sp³-hybridized carbons (Fsp3) is 0.273. The van der Waals surface area contributed by atoms with Gasteiger partial charge in [0.15, 0.2) is 6.61 Å². The summed E-state index contributed by atoms with van der Waals surface area (Å²) in [5.41, 5.74) is 2.81. The molecule has 0 aliphatic rings. The quantitative estimate of drug-likeness (QED) is 0.490. The summed E-state index contributed by atoms with van der Waals surface area (Å²) in [5.74, 6) is 0.634. The van der Waals surface area contributed by atoms with Gasteiger partial charge in [-0.15, -0.1) is 23.2 Å². The lowest BCUT2D eigenvalue weighted by Crippen LogP contribution is -2.26. The second kappa shape index (κ2) is 7.92. The number of carbonyl (C=O) groups excluding carboxylic acids is 1. The molecule has 0 spiro atoms. The number of nitrogens with one attached hydrogen (secondary N) is 1. The van der Waals surface area contributed by atoms with Gasteiger partial charge in [0.25, 0.3) is 5.91 Å². The standard InChI is InChI=1S/C11H12Cl2N2O2/c12-6-9(7-13)14-15-11(16)8-17-10-4-2-1-3-5-10/h1-5H,6-8H2,(H,15,16). The Morgan fingerprint density at radius 3 is 2.47 bits per heavy atom. The maximum absolute atomic E-state index is 11.3. The Morgan fingerprint density at radius 2 is 1.88 bits per heavy atom.